The molecule has 1 fully saturated rings. The smallest absolute Gasteiger partial charge is 0.150 e. The van der Waals surface area contributed by atoms with Crippen molar-refractivity contribution in [3.05, 3.63) is 71.4 Å². The van der Waals surface area contributed by atoms with Crippen LogP contribution in [0.1, 0.15) is 18.4 Å². The number of hydrogen-bond acceptors (Lipinski definition) is 4. The average Bonchev–Trinajstić information content (AvgIpc) is 3.21. The topological polar surface area (TPSA) is 45.5 Å². The van der Waals surface area contributed by atoms with E-state index in [1.807, 2.05) is 42.5 Å². The first kappa shape index (κ1) is 22.1. The maximum Gasteiger partial charge on any atom is 0.150 e. The summed E-state index contributed by atoms with van der Waals surface area (Å²) in [6, 6.07) is 17.9. The van der Waals surface area contributed by atoms with Crippen molar-refractivity contribution in [2.75, 3.05) is 25.0 Å². The lowest BCUT2D eigenvalue weighted by Gasteiger charge is -2.32. The molecule has 1 saturated heterocycles. The summed E-state index contributed by atoms with van der Waals surface area (Å²) in [4.78, 5) is 7.22. The van der Waals surface area contributed by atoms with Crippen LogP contribution in [0, 0.1) is 5.92 Å². The molecule has 4 radical (unpaired) electrons. The Kier molecular flexibility index (Phi) is 6.43. The fraction of sp³-hybridized carbons (Fsp3) is 0.280. The van der Waals surface area contributed by atoms with E-state index in [0.29, 0.717) is 22.1 Å². The number of hydrogen-bond donors (Lipinski definition) is 1. The van der Waals surface area contributed by atoms with Crippen LogP contribution >= 0.6 is 11.6 Å². The number of rotatable bonds is 6. The molecule has 0 aliphatic carbocycles. The third-order valence-corrected chi connectivity index (χ3v) is 6.64. The van der Waals surface area contributed by atoms with Gasteiger partial charge in [-0.1, -0.05) is 59.5 Å². The summed E-state index contributed by atoms with van der Waals surface area (Å²) >= 11 is 6.43. The van der Waals surface area contributed by atoms with Crippen LogP contribution < -0.4 is 16.2 Å². The third-order valence-electron chi connectivity index (χ3n) is 6.31. The molecule has 8 heteroatoms. The van der Waals surface area contributed by atoms with Gasteiger partial charge in [-0.3, -0.25) is 4.90 Å². The molecule has 0 unspecified atom stereocenters. The van der Waals surface area contributed by atoms with Crippen molar-refractivity contribution >= 4 is 49.7 Å². The molecule has 0 atom stereocenters. The highest BCUT2D eigenvalue weighted by atomic mass is 35.5. The lowest BCUT2D eigenvalue weighted by Crippen LogP contribution is -2.35. The number of fused-ring (bicyclic) bond motifs is 1. The molecule has 0 saturated carbocycles. The van der Waals surface area contributed by atoms with Crippen LogP contribution in [0.5, 0.6) is 0 Å². The molecular weight excluding hydrogens is 427 g/mol. The van der Waals surface area contributed by atoms with Gasteiger partial charge in [0.05, 0.1) is 5.69 Å². The second-order valence-electron chi connectivity index (χ2n) is 8.68. The van der Waals surface area contributed by atoms with Crippen LogP contribution in [0.15, 0.2) is 60.8 Å². The highest BCUT2D eigenvalue weighted by Gasteiger charge is 2.20. The van der Waals surface area contributed by atoms with Gasteiger partial charge in [0, 0.05) is 35.9 Å². The number of likely N-dealkylation sites (tertiary alicyclic amines) is 1. The van der Waals surface area contributed by atoms with Gasteiger partial charge in [0.2, 0.25) is 0 Å². The standard InChI is InChI=1S/C25H24B2ClN5/c26-19-7-5-18(6-8-19)16-32-11-9-17(10-12-32)14-29-24-13-23(20-3-1-2-4-22(20)28)31-25-21(27)15-30-33(24)25/h1-8,13,15,17,29H,9-12,14,16H2. The summed E-state index contributed by atoms with van der Waals surface area (Å²) in [5.41, 5.74) is 4.95. The summed E-state index contributed by atoms with van der Waals surface area (Å²) in [5.74, 6) is 1.46. The van der Waals surface area contributed by atoms with Crippen molar-refractivity contribution in [3.63, 3.8) is 0 Å². The SMILES string of the molecule is [B]c1ccc(CN2CCC(CNc3cc(-c4ccccc4Cl)nc4c([B])cnn34)CC2)cc1. The van der Waals surface area contributed by atoms with E-state index in [1.165, 1.54) is 5.56 Å². The van der Waals surface area contributed by atoms with E-state index in [1.54, 1.807) is 10.7 Å². The lowest BCUT2D eigenvalue weighted by molar-refractivity contribution is 0.182. The Balaban J connectivity index is 1.26. The van der Waals surface area contributed by atoms with Crippen LogP contribution in [0.2, 0.25) is 5.02 Å². The van der Waals surface area contributed by atoms with Crippen molar-refractivity contribution in [1.82, 2.24) is 19.5 Å². The van der Waals surface area contributed by atoms with Gasteiger partial charge in [0.15, 0.2) is 5.65 Å². The van der Waals surface area contributed by atoms with Crippen LogP contribution in [-0.4, -0.2) is 54.8 Å². The van der Waals surface area contributed by atoms with Crippen molar-refractivity contribution < 1.29 is 0 Å². The first-order chi connectivity index (χ1) is 16.1. The predicted molar refractivity (Wildman–Crippen MR) is 137 cm³/mol. The molecule has 1 N–H and O–H groups in total. The second-order valence-corrected chi connectivity index (χ2v) is 9.09. The molecule has 1 aliphatic heterocycles. The molecule has 2 aromatic carbocycles. The molecule has 1 aliphatic rings. The minimum Gasteiger partial charge on any atom is -0.370 e. The summed E-state index contributed by atoms with van der Waals surface area (Å²) in [7, 11) is 11.9. The Morgan fingerprint density at radius 2 is 1.79 bits per heavy atom. The van der Waals surface area contributed by atoms with E-state index in [9.17, 15) is 0 Å². The summed E-state index contributed by atoms with van der Waals surface area (Å²) in [5, 5.41) is 8.68. The minimum atomic E-state index is 0.544. The van der Waals surface area contributed by atoms with E-state index in [2.05, 4.69) is 27.4 Å². The third kappa shape index (κ3) is 4.94. The van der Waals surface area contributed by atoms with Crippen molar-refractivity contribution in [2.24, 2.45) is 5.92 Å². The molecule has 3 heterocycles. The van der Waals surface area contributed by atoms with E-state index < -0.39 is 0 Å². The van der Waals surface area contributed by atoms with Gasteiger partial charge in [-0.2, -0.15) is 9.61 Å². The van der Waals surface area contributed by atoms with Crippen LogP contribution in [0.3, 0.4) is 0 Å². The Bertz CT molecular complexity index is 1250. The van der Waals surface area contributed by atoms with E-state index >= 15 is 0 Å². The molecule has 0 amide bonds. The predicted octanol–water partition coefficient (Wildman–Crippen LogP) is 2.96. The van der Waals surface area contributed by atoms with Gasteiger partial charge in [-0.25, -0.2) is 4.98 Å². The van der Waals surface area contributed by atoms with Gasteiger partial charge >= 0.3 is 0 Å². The normalized spacial score (nSPS) is 15.2. The maximum atomic E-state index is 6.43. The van der Waals surface area contributed by atoms with Gasteiger partial charge in [0.25, 0.3) is 0 Å². The first-order valence-corrected chi connectivity index (χ1v) is 11.6. The number of piperidine rings is 1. The monoisotopic (exact) mass is 451 g/mol. The zero-order valence-corrected chi connectivity index (χ0v) is 19.2. The van der Waals surface area contributed by atoms with Gasteiger partial charge in [0.1, 0.15) is 21.5 Å². The summed E-state index contributed by atoms with van der Waals surface area (Å²) in [6.07, 6.45) is 3.93. The number of aromatic nitrogens is 3. The molecule has 33 heavy (non-hydrogen) atoms. The largest absolute Gasteiger partial charge is 0.370 e. The number of nitrogens with one attached hydrogen (secondary N) is 1. The number of benzene rings is 2. The number of nitrogens with zero attached hydrogens (tertiary/aromatic N) is 4. The Labute approximate surface area is 202 Å². The van der Waals surface area contributed by atoms with Crippen LogP contribution in [-0.2, 0) is 6.54 Å². The van der Waals surface area contributed by atoms with Gasteiger partial charge in [-0.05, 0) is 48.9 Å². The number of halogens is 1. The van der Waals surface area contributed by atoms with E-state index in [4.69, 9.17) is 32.3 Å². The number of anilines is 1. The fourth-order valence-electron chi connectivity index (χ4n) is 4.39. The summed E-state index contributed by atoms with van der Waals surface area (Å²) in [6.45, 7) is 4.01. The quantitative estimate of drug-likeness (QED) is 0.458. The lowest BCUT2D eigenvalue weighted by atomic mass is 9.94. The van der Waals surface area contributed by atoms with Crippen molar-refractivity contribution in [2.45, 2.75) is 19.4 Å². The molecule has 2 aromatic heterocycles. The van der Waals surface area contributed by atoms with Crippen LogP contribution in [0.4, 0.5) is 5.82 Å². The molecule has 4 aromatic rings. The molecule has 5 rings (SSSR count). The second kappa shape index (κ2) is 9.62. The highest BCUT2D eigenvalue weighted by Crippen LogP contribution is 2.28. The minimum absolute atomic E-state index is 0.544. The Morgan fingerprint density at radius 1 is 1.03 bits per heavy atom. The maximum absolute atomic E-state index is 6.43. The highest BCUT2D eigenvalue weighted by molar-refractivity contribution is 6.36. The van der Waals surface area contributed by atoms with E-state index in [0.717, 1.165) is 61.6 Å². The van der Waals surface area contributed by atoms with Crippen molar-refractivity contribution in [3.8, 4) is 11.3 Å². The average molecular weight is 452 g/mol. The summed E-state index contributed by atoms with van der Waals surface area (Å²) < 4.78 is 1.77. The van der Waals surface area contributed by atoms with Crippen LogP contribution in [0.25, 0.3) is 16.9 Å². The molecular formula is C25H24B2ClN5. The molecule has 162 valence electrons. The zero-order chi connectivity index (χ0) is 22.8. The molecule has 5 nitrogen and oxygen atoms in total. The Hall–Kier alpha value is -2.76. The molecule has 0 bridgehead atoms. The van der Waals surface area contributed by atoms with Gasteiger partial charge in [-0.15, -0.1) is 0 Å². The molecule has 0 spiro atoms. The van der Waals surface area contributed by atoms with E-state index in [-0.39, 0.29) is 0 Å². The fourth-order valence-corrected chi connectivity index (χ4v) is 4.62. The zero-order valence-electron chi connectivity index (χ0n) is 18.4. The van der Waals surface area contributed by atoms with Gasteiger partial charge < -0.3 is 5.32 Å². The first-order valence-electron chi connectivity index (χ1n) is 11.3. The van der Waals surface area contributed by atoms with Crippen molar-refractivity contribution in [1.29, 1.82) is 0 Å². The Morgan fingerprint density at radius 3 is 2.55 bits per heavy atom.